The van der Waals surface area contributed by atoms with Gasteiger partial charge in [0.15, 0.2) is 5.17 Å². The minimum Gasteiger partial charge on any atom is -0.377 e. The summed E-state index contributed by atoms with van der Waals surface area (Å²) < 4.78 is 0. The minimum atomic E-state index is 0.458. The molecule has 0 bridgehead atoms. The number of nitrogens with two attached hydrogens (primary N) is 1. The molecule has 0 aliphatic carbocycles. The van der Waals surface area contributed by atoms with Crippen molar-refractivity contribution in [1.29, 1.82) is 0 Å². The van der Waals surface area contributed by atoms with E-state index in [4.69, 9.17) is 5.73 Å². The molecule has 1 aromatic rings. The van der Waals surface area contributed by atoms with Crippen LogP contribution >= 0.6 is 11.8 Å². The first-order chi connectivity index (χ1) is 7.33. The van der Waals surface area contributed by atoms with Crippen LogP contribution in [0.5, 0.6) is 0 Å². The van der Waals surface area contributed by atoms with Gasteiger partial charge in [-0.2, -0.15) is 5.10 Å². The monoisotopic (exact) mass is 219 g/mol. The number of thioether (sulfide) groups is 1. The lowest BCUT2D eigenvalue weighted by atomic mass is 10.2. The van der Waals surface area contributed by atoms with Crippen LogP contribution < -0.4 is 5.73 Å². The van der Waals surface area contributed by atoms with Gasteiger partial charge < -0.3 is 5.73 Å². The van der Waals surface area contributed by atoms with Gasteiger partial charge in [0.1, 0.15) is 0 Å². The summed E-state index contributed by atoms with van der Waals surface area (Å²) in [5.41, 5.74) is 6.57. The molecule has 0 spiro atoms. The van der Waals surface area contributed by atoms with Crippen LogP contribution in [0.2, 0.25) is 0 Å². The molecule has 0 aliphatic heterocycles. The molecule has 78 valence electrons. The van der Waals surface area contributed by atoms with E-state index in [9.17, 15) is 0 Å². The van der Waals surface area contributed by atoms with E-state index in [0.29, 0.717) is 5.17 Å². The maximum atomic E-state index is 5.44. The second-order valence-electron chi connectivity index (χ2n) is 2.68. The van der Waals surface area contributed by atoms with Gasteiger partial charge in [0, 0.05) is 6.21 Å². The molecule has 3 nitrogen and oxygen atoms in total. The number of allylic oxidation sites excluding steroid dienone is 1. The molecule has 0 saturated heterocycles. The van der Waals surface area contributed by atoms with Gasteiger partial charge in [-0.3, -0.25) is 0 Å². The third-order valence-electron chi connectivity index (χ3n) is 1.61. The van der Waals surface area contributed by atoms with Crippen molar-refractivity contribution < 1.29 is 0 Å². The van der Waals surface area contributed by atoms with Gasteiger partial charge >= 0.3 is 0 Å². The van der Waals surface area contributed by atoms with Crippen molar-refractivity contribution in [1.82, 2.24) is 0 Å². The van der Waals surface area contributed by atoms with Crippen LogP contribution in [0.4, 0.5) is 0 Å². The number of hydrogen-bond acceptors (Lipinski definition) is 3. The van der Waals surface area contributed by atoms with Crippen LogP contribution in [0.25, 0.3) is 6.08 Å². The topological polar surface area (TPSA) is 50.7 Å². The van der Waals surface area contributed by atoms with Gasteiger partial charge in [-0.05, 0) is 17.9 Å². The molecule has 1 aromatic carbocycles. The highest BCUT2D eigenvalue weighted by Gasteiger charge is 1.82. The van der Waals surface area contributed by atoms with Crippen molar-refractivity contribution in [2.75, 3.05) is 6.26 Å². The fraction of sp³-hybridized carbons (Fsp3) is 0.0909. The van der Waals surface area contributed by atoms with Crippen molar-refractivity contribution in [3.05, 3.63) is 42.0 Å². The molecule has 0 heterocycles. The van der Waals surface area contributed by atoms with Gasteiger partial charge in [-0.25, -0.2) is 0 Å². The highest BCUT2D eigenvalue weighted by Crippen LogP contribution is 1.99. The van der Waals surface area contributed by atoms with Crippen molar-refractivity contribution in [3.63, 3.8) is 0 Å². The summed E-state index contributed by atoms with van der Waals surface area (Å²) in [5.74, 6) is 0. The van der Waals surface area contributed by atoms with Crippen molar-refractivity contribution >= 4 is 29.2 Å². The zero-order chi connectivity index (χ0) is 10.9. The number of amidine groups is 1. The number of hydrogen-bond donors (Lipinski definition) is 1. The maximum absolute atomic E-state index is 5.44. The van der Waals surface area contributed by atoms with Crippen molar-refractivity contribution in [2.24, 2.45) is 15.9 Å². The lowest BCUT2D eigenvalue weighted by Gasteiger charge is -1.88. The van der Waals surface area contributed by atoms with Gasteiger partial charge in [-0.15, -0.1) is 5.10 Å². The zero-order valence-electron chi connectivity index (χ0n) is 8.50. The van der Waals surface area contributed by atoms with E-state index in [1.165, 1.54) is 11.8 Å². The minimum absolute atomic E-state index is 0.458. The largest absolute Gasteiger partial charge is 0.377 e. The Hall–Kier alpha value is -1.55. The Morgan fingerprint density at radius 2 is 2.07 bits per heavy atom. The lowest BCUT2D eigenvalue weighted by Crippen LogP contribution is -2.03. The van der Waals surface area contributed by atoms with E-state index in [1.54, 1.807) is 6.21 Å². The molecular formula is C11H13N3S. The van der Waals surface area contributed by atoms with Gasteiger partial charge in [0.2, 0.25) is 0 Å². The Kier molecular flexibility index (Phi) is 5.25. The highest BCUT2D eigenvalue weighted by molar-refractivity contribution is 8.13. The van der Waals surface area contributed by atoms with Crippen LogP contribution in [0.15, 0.2) is 46.6 Å². The van der Waals surface area contributed by atoms with E-state index < -0.39 is 0 Å². The zero-order valence-corrected chi connectivity index (χ0v) is 9.32. The average Bonchev–Trinajstić information content (AvgIpc) is 2.29. The summed E-state index contributed by atoms with van der Waals surface area (Å²) in [6.07, 6.45) is 7.24. The number of nitrogens with zero attached hydrogens (tertiary/aromatic N) is 2. The molecule has 4 heteroatoms. The molecule has 0 amide bonds. The second-order valence-corrected chi connectivity index (χ2v) is 3.50. The second kappa shape index (κ2) is 6.84. The van der Waals surface area contributed by atoms with Crippen LogP contribution in [0.1, 0.15) is 5.56 Å². The SMILES string of the molecule is CS\C(N)=N/N=C/C=C/c1ccccc1. The summed E-state index contributed by atoms with van der Waals surface area (Å²) in [4.78, 5) is 0. The number of benzene rings is 1. The highest BCUT2D eigenvalue weighted by atomic mass is 32.2. The van der Waals surface area contributed by atoms with E-state index in [1.807, 2.05) is 48.7 Å². The quantitative estimate of drug-likeness (QED) is 0.482. The normalized spacial score (nSPS) is 12.7. The van der Waals surface area contributed by atoms with Crippen LogP contribution in [0, 0.1) is 0 Å². The van der Waals surface area contributed by atoms with E-state index in [-0.39, 0.29) is 0 Å². The molecule has 1 rings (SSSR count). The fourth-order valence-corrected chi connectivity index (χ4v) is 1.02. The molecule has 0 radical (unpaired) electrons. The first kappa shape index (κ1) is 11.5. The third-order valence-corrected chi connectivity index (χ3v) is 2.11. The van der Waals surface area contributed by atoms with Crippen LogP contribution in [-0.2, 0) is 0 Å². The molecule has 0 saturated carbocycles. The molecular weight excluding hydrogens is 206 g/mol. The van der Waals surface area contributed by atoms with Crippen LogP contribution in [-0.4, -0.2) is 17.6 Å². The summed E-state index contributed by atoms with van der Waals surface area (Å²) in [6, 6.07) is 9.99. The summed E-state index contributed by atoms with van der Waals surface area (Å²) in [7, 11) is 0. The molecule has 0 aliphatic rings. The van der Waals surface area contributed by atoms with Gasteiger partial charge in [0.25, 0.3) is 0 Å². The lowest BCUT2D eigenvalue weighted by molar-refractivity contribution is 1.25. The van der Waals surface area contributed by atoms with E-state index in [2.05, 4.69) is 10.2 Å². The smallest absolute Gasteiger partial charge is 0.180 e. The Bertz CT molecular complexity index is 369. The summed E-state index contributed by atoms with van der Waals surface area (Å²) >= 11 is 1.37. The van der Waals surface area contributed by atoms with Crippen molar-refractivity contribution in [2.45, 2.75) is 0 Å². The Morgan fingerprint density at radius 3 is 2.73 bits per heavy atom. The standard InChI is InChI=1S/C11H13N3S/c1-15-11(12)14-13-9-5-8-10-6-3-2-4-7-10/h2-9H,1H3,(H2,12,14)/b8-5+,13-9+. The van der Waals surface area contributed by atoms with E-state index in [0.717, 1.165) is 5.56 Å². The average molecular weight is 219 g/mol. The van der Waals surface area contributed by atoms with E-state index >= 15 is 0 Å². The molecule has 0 aromatic heterocycles. The maximum Gasteiger partial charge on any atom is 0.180 e. The first-order valence-electron chi connectivity index (χ1n) is 4.45. The summed E-state index contributed by atoms with van der Waals surface area (Å²) in [6.45, 7) is 0. The summed E-state index contributed by atoms with van der Waals surface area (Å²) in [5, 5.41) is 7.99. The Labute approximate surface area is 93.8 Å². The molecule has 0 fully saturated rings. The number of rotatable bonds is 3. The third kappa shape index (κ3) is 5.02. The Balaban J connectivity index is 2.47. The Morgan fingerprint density at radius 1 is 1.33 bits per heavy atom. The predicted molar refractivity (Wildman–Crippen MR) is 69.1 cm³/mol. The van der Waals surface area contributed by atoms with Gasteiger partial charge in [0.05, 0.1) is 0 Å². The molecule has 0 atom stereocenters. The first-order valence-corrected chi connectivity index (χ1v) is 5.67. The molecule has 2 N–H and O–H groups in total. The van der Waals surface area contributed by atoms with Crippen LogP contribution in [0.3, 0.4) is 0 Å². The van der Waals surface area contributed by atoms with Gasteiger partial charge in [-0.1, -0.05) is 48.2 Å². The molecule has 0 unspecified atom stereocenters. The molecule has 15 heavy (non-hydrogen) atoms. The van der Waals surface area contributed by atoms with Crippen molar-refractivity contribution in [3.8, 4) is 0 Å². The predicted octanol–water partition coefficient (Wildman–Crippen LogP) is 2.36. The fourth-order valence-electron chi connectivity index (χ4n) is 0.888.